The fourth-order valence-corrected chi connectivity index (χ4v) is 2.33. The van der Waals surface area contributed by atoms with Crippen LogP contribution in [0.5, 0.6) is 11.5 Å². The zero-order valence-corrected chi connectivity index (χ0v) is 12.5. The van der Waals surface area contributed by atoms with Gasteiger partial charge < -0.3 is 14.4 Å². The van der Waals surface area contributed by atoms with Crippen molar-refractivity contribution in [1.82, 2.24) is 4.90 Å². The molecule has 1 fully saturated rings. The lowest BCUT2D eigenvalue weighted by Gasteiger charge is -2.31. The number of benzene rings is 1. The Bertz CT molecular complexity index is 554. The maximum absolute atomic E-state index is 12.5. The summed E-state index contributed by atoms with van der Waals surface area (Å²) in [7, 11) is 2.76. The van der Waals surface area contributed by atoms with Gasteiger partial charge in [-0.25, -0.2) is 0 Å². The second-order valence-corrected chi connectivity index (χ2v) is 5.13. The number of hydrogen-bond acceptors (Lipinski definition) is 3. The number of carbonyl (C=O) groups excluding carboxylic acids is 1. The fourth-order valence-electron chi connectivity index (χ4n) is 2.33. The number of amides is 1. The molecule has 1 amide bonds. The highest BCUT2D eigenvalue weighted by Crippen LogP contribution is 2.35. The molecule has 4 nitrogen and oxygen atoms in total. The van der Waals surface area contributed by atoms with Crippen molar-refractivity contribution in [3.63, 3.8) is 0 Å². The molecule has 0 atom stereocenters. The molecule has 0 bridgehead atoms. The van der Waals surface area contributed by atoms with Gasteiger partial charge in [-0.05, 0) is 30.5 Å². The first-order chi connectivity index (χ1) is 10.4. The lowest BCUT2D eigenvalue weighted by Crippen LogP contribution is -2.42. The molecule has 0 aliphatic carbocycles. The maximum atomic E-state index is 12.5. The number of carbonyl (C=O) groups is 1. The lowest BCUT2D eigenvalue weighted by atomic mass is 10.0. The highest BCUT2D eigenvalue weighted by atomic mass is 19.4. The van der Waals surface area contributed by atoms with E-state index in [2.05, 4.69) is 0 Å². The predicted octanol–water partition coefficient (Wildman–Crippen LogP) is 3.04. The van der Waals surface area contributed by atoms with Gasteiger partial charge in [0.15, 0.2) is 11.5 Å². The molecular weight excluding hydrogens is 299 g/mol. The minimum Gasteiger partial charge on any atom is -0.493 e. The molecule has 0 aromatic heterocycles. The van der Waals surface area contributed by atoms with E-state index in [1.54, 1.807) is 4.90 Å². The average Bonchev–Trinajstić information content (AvgIpc) is 2.41. The van der Waals surface area contributed by atoms with Crippen LogP contribution in [0.15, 0.2) is 12.1 Å². The fraction of sp³-hybridized carbons (Fsp3) is 0.533. The molecule has 122 valence electrons. The summed E-state index contributed by atoms with van der Waals surface area (Å²) < 4.78 is 47.7. The van der Waals surface area contributed by atoms with Crippen LogP contribution in [0.25, 0.3) is 0 Å². The minimum absolute atomic E-state index is 0.194. The molecule has 22 heavy (non-hydrogen) atoms. The van der Waals surface area contributed by atoms with E-state index in [9.17, 15) is 18.0 Å². The Balaban J connectivity index is 2.33. The molecule has 0 N–H and O–H groups in total. The van der Waals surface area contributed by atoms with Gasteiger partial charge >= 0.3 is 6.18 Å². The molecule has 2 rings (SSSR count). The second kappa shape index (κ2) is 6.46. The van der Waals surface area contributed by atoms with E-state index in [0.717, 1.165) is 6.42 Å². The summed E-state index contributed by atoms with van der Waals surface area (Å²) in [5.41, 5.74) is 0.651. The molecule has 7 heteroatoms. The van der Waals surface area contributed by atoms with Crippen LogP contribution in [0, 0.1) is 0 Å². The number of methoxy groups -OCH3 is 2. The number of ether oxygens (including phenoxy) is 2. The van der Waals surface area contributed by atoms with Gasteiger partial charge in [-0.3, -0.25) is 4.79 Å². The van der Waals surface area contributed by atoms with E-state index in [0.29, 0.717) is 24.2 Å². The summed E-state index contributed by atoms with van der Waals surface area (Å²) in [6, 6.07) is 2.98. The Labute approximate surface area is 126 Å². The molecule has 0 radical (unpaired) electrons. The van der Waals surface area contributed by atoms with Gasteiger partial charge in [-0.15, -0.1) is 0 Å². The van der Waals surface area contributed by atoms with Crippen molar-refractivity contribution >= 4 is 5.91 Å². The van der Waals surface area contributed by atoms with Gasteiger partial charge in [0.25, 0.3) is 5.91 Å². The summed E-state index contributed by atoms with van der Waals surface area (Å²) in [5.74, 6) is 0.318. The number of alkyl halides is 3. The van der Waals surface area contributed by atoms with Crippen LogP contribution in [0.1, 0.15) is 28.8 Å². The van der Waals surface area contributed by atoms with Crippen LogP contribution in [-0.2, 0) is 6.42 Å². The van der Waals surface area contributed by atoms with Gasteiger partial charge in [0.1, 0.15) is 0 Å². The molecule has 0 spiro atoms. The quantitative estimate of drug-likeness (QED) is 0.838. The van der Waals surface area contributed by atoms with E-state index in [1.165, 1.54) is 26.4 Å². The summed E-state index contributed by atoms with van der Waals surface area (Å²) in [4.78, 5) is 13.9. The number of hydrogen-bond donors (Lipinski definition) is 0. The van der Waals surface area contributed by atoms with Crippen molar-refractivity contribution in [2.75, 3.05) is 27.3 Å². The molecule has 1 saturated heterocycles. The summed E-state index contributed by atoms with van der Waals surface area (Å²) >= 11 is 0. The van der Waals surface area contributed by atoms with Crippen LogP contribution in [0.3, 0.4) is 0 Å². The molecule has 0 saturated carbocycles. The van der Waals surface area contributed by atoms with Gasteiger partial charge in [-0.2, -0.15) is 13.2 Å². The van der Waals surface area contributed by atoms with Gasteiger partial charge in [0, 0.05) is 25.1 Å². The van der Waals surface area contributed by atoms with Crippen LogP contribution in [0.2, 0.25) is 0 Å². The first-order valence-corrected chi connectivity index (χ1v) is 6.96. The normalized spacial score (nSPS) is 14.5. The van der Waals surface area contributed by atoms with Crippen molar-refractivity contribution < 1.29 is 27.4 Å². The Kier molecular flexibility index (Phi) is 4.83. The van der Waals surface area contributed by atoms with Crippen molar-refractivity contribution in [2.24, 2.45) is 0 Å². The van der Waals surface area contributed by atoms with Crippen molar-refractivity contribution in [2.45, 2.75) is 25.4 Å². The molecule has 1 aliphatic rings. The van der Waals surface area contributed by atoms with Crippen LogP contribution >= 0.6 is 0 Å². The van der Waals surface area contributed by atoms with Gasteiger partial charge in [0.05, 0.1) is 14.2 Å². The predicted molar refractivity (Wildman–Crippen MR) is 74.4 cm³/mol. The molecule has 1 heterocycles. The van der Waals surface area contributed by atoms with Crippen molar-refractivity contribution in [3.8, 4) is 11.5 Å². The number of rotatable bonds is 5. The largest absolute Gasteiger partial charge is 0.493 e. The maximum Gasteiger partial charge on any atom is 0.389 e. The summed E-state index contributed by atoms with van der Waals surface area (Å²) in [5, 5.41) is 0. The topological polar surface area (TPSA) is 38.8 Å². The zero-order valence-electron chi connectivity index (χ0n) is 12.5. The number of aryl methyl sites for hydroxylation is 1. The smallest absolute Gasteiger partial charge is 0.389 e. The van der Waals surface area contributed by atoms with E-state index < -0.39 is 12.6 Å². The number of likely N-dealkylation sites (tertiary alicyclic amines) is 1. The number of nitrogens with zero attached hydrogens (tertiary/aromatic N) is 1. The van der Waals surface area contributed by atoms with Crippen LogP contribution in [0.4, 0.5) is 13.2 Å². The van der Waals surface area contributed by atoms with E-state index in [-0.39, 0.29) is 23.8 Å². The van der Waals surface area contributed by atoms with E-state index in [1.807, 2.05) is 0 Å². The monoisotopic (exact) mass is 317 g/mol. The Hall–Kier alpha value is -1.92. The first-order valence-electron chi connectivity index (χ1n) is 6.96. The van der Waals surface area contributed by atoms with E-state index >= 15 is 0 Å². The first kappa shape index (κ1) is 16.5. The molecular formula is C15H18F3NO3. The molecule has 0 unspecified atom stereocenters. The molecule has 1 aliphatic heterocycles. The van der Waals surface area contributed by atoms with Crippen molar-refractivity contribution in [3.05, 3.63) is 23.3 Å². The van der Waals surface area contributed by atoms with Gasteiger partial charge in [0.2, 0.25) is 0 Å². The third kappa shape index (κ3) is 3.64. The number of halogens is 3. The zero-order chi connectivity index (χ0) is 16.3. The third-order valence-corrected chi connectivity index (χ3v) is 3.62. The SMILES string of the molecule is COc1cc(C(=O)N2CCC2)cc(CCC(F)(F)F)c1OC. The lowest BCUT2D eigenvalue weighted by molar-refractivity contribution is -0.134. The molecule has 1 aromatic carbocycles. The average molecular weight is 317 g/mol. The highest BCUT2D eigenvalue weighted by Gasteiger charge is 2.29. The summed E-state index contributed by atoms with van der Waals surface area (Å²) in [6.07, 6.45) is -4.56. The third-order valence-electron chi connectivity index (χ3n) is 3.62. The van der Waals surface area contributed by atoms with Crippen LogP contribution < -0.4 is 9.47 Å². The molecule has 1 aromatic rings. The standard InChI is InChI=1S/C15H18F3NO3/c1-21-12-9-11(14(20)19-6-3-7-19)8-10(13(12)22-2)4-5-15(16,17)18/h8-9H,3-7H2,1-2H3. The Morgan fingerprint density at radius 1 is 1.23 bits per heavy atom. The Morgan fingerprint density at radius 2 is 1.91 bits per heavy atom. The van der Waals surface area contributed by atoms with Gasteiger partial charge in [-0.1, -0.05) is 0 Å². The second-order valence-electron chi connectivity index (χ2n) is 5.13. The Morgan fingerprint density at radius 3 is 2.36 bits per heavy atom. The minimum atomic E-state index is -4.27. The highest BCUT2D eigenvalue weighted by molar-refractivity contribution is 5.95. The van der Waals surface area contributed by atoms with Crippen LogP contribution in [-0.4, -0.2) is 44.3 Å². The van der Waals surface area contributed by atoms with E-state index in [4.69, 9.17) is 9.47 Å². The summed E-state index contributed by atoms with van der Waals surface area (Å²) in [6.45, 7) is 1.34. The van der Waals surface area contributed by atoms with Crippen molar-refractivity contribution in [1.29, 1.82) is 0 Å².